The van der Waals surface area contributed by atoms with Gasteiger partial charge >= 0.3 is 6.03 Å². The van der Waals surface area contributed by atoms with Crippen LogP contribution in [0.2, 0.25) is 0 Å². The Kier molecular flexibility index (Phi) is 6.64. The Morgan fingerprint density at radius 3 is 2.60 bits per heavy atom. The van der Waals surface area contributed by atoms with Crippen molar-refractivity contribution in [2.75, 3.05) is 31.5 Å². The molecule has 0 aromatic carbocycles. The summed E-state index contributed by atoms with van der Waals surface area (Å²) in [5.74, 6) is 2.03. The van der Waals surface area contributed by atoms with Gasteiger partial charge in [-0.1, -0.05) is 44.4 Å². The van der Waals surface area contributed by atoms with Gasteiger partial charge in [0.1, 0.15) is 5.01 Å². The number of likely N-dealkylation sites (tertiary alicyclic amines) is 1. The first kappa shape index (κ1) is 18.6. The van der Waals surface area contributed by atoms with Crippen molar-refractivity contribution in [3.63, 3.8) is 0 Å². The van der Waals surface area contributed by atoms with Crippen molar-refractivity contribution < 1.29 is 4.79 Å². The molecule has 6 nitrogen and oxygen atoms in total. The van der Waals surface area contributed by atoms with Gasteiger partial charge in [0, 0.05) is 32.1 Å². The van der Waals surface area contributed by atoms with Crippen molar-refractivity contribution in [1.82, 2.24) is 20.4 Å². The average molecular weight is 366 g/mol. The maximum Gasteiger partial charge on any atom is 0.321 e. The van der Waals surface area contributed by atoms with Crippen molar-refractivity contribution in [2.24, 2.45) is 11.8 Å². The van der Waals surface area contributed by atoms with Crippen LogP contribution in [-0.4, -0.2) is 47.3 Å². The molecule has 3 rings (SSSR count). The van der Waals surface area contributed by atoms with Crippen molar-refractivity contribution in [2.45, 2.75) is 58.3 Å². The number of rotatable bonds is 5. The summed E-state index contributed by atoms with van der Waals surface area (Å²) in [4.78, 5) is 14.5. The molecule has 1 aromatic heterocycles. The maximum absolute atomic E-state index is 12.1. The molecule has 2 N–H and O–H groups in total. The van der Waals surface area contributed by atoms with E-state index < -0.39 is 0 Å². The topological polar surface area (TPSA) is 70.2 Å². The Morgan fingerprint density at radius 2 is 1.88 bits per heavy atom. The molecule has 1 saturated heterocycles. The van der Waals surface area contributed by atoms with Gasteiger partial charge in [0.2, 0.25) is 5.13 Å². The summed E-state index contributed by atoms with van der Waals surface area (Å²) in [6.07, 6.45) is 7.60. The standard InChI is InChI=1S/C18H31N5OS/c1-13-10-14(2)12-23(11-13)9-8-19-17(24)20-18-22-21-16(25-18)15-6-4-3-5-7-15/h13-15H,3-12H2,1-2H3,(H2,19,20,22,24). The molecule has 1 aromatic rings. The van der Waals surface area contributed by atoms with E-state index in [-0.39, 0.29) is 6.03 Å². The van der Waals surface area contributed by atoms with Gasteiger partial charge < -0.3 is 10.2 Å². The first-order chi connectivity index (χ1) is 12.1. The van der Waals surface area contributed by atoms with Crippen LogP contribution in [0.4, 0.5) is 9.93 Å². The monoisotopic (exact) mass is 365 g/mol. The predicted molar refractivity (Wildman–Crippen MR) is 102 cm³/mol. The lowest BCUT2D eigenvalue weighted by molar-refractivity contribution is 0.142. The minimum atomic E-state index is -0.176. The van der Waals surface area contributed by atoms with E-state index in [1.165, 1.54) is 49.9 Å². The number of hydrogen-bond acceptors (Lipinski definition) is 5. The van der Waals surface area contributed by atoms with Gasteiger partial charge in [0.25, 0.3) is 0 Å². The van der Waals surface area contributed by atoms with Gasteiger partial charge in [-0.2, -0.15) is 0 Å². The van der Waals surface area contributed by atoms with E-state index in [4.69, 9.17) is 0 Å². The van der Waals surface area contributed by atoms with Gasteiger partial charge in [-0.25, -0.2) is 4.79 Å². The fraction of sp³-hybridized carbons (Fsp3) is 0.833. The van der Waals surface area contributed by atoms with Gasteiger partial charge in [-0.05, 0) is 31.1 Å². The van der Waals surface area contributed by atoms with Gasteiger partial charge in [0.05, 0.1) is 0 Å². The largest absolute Gasteiger partial charge is 0.337 e. The summed E-state index contributed by atoms with van der Waals surface area (Å²) in [5, 5.41) is 15.9. The highest BCUT2D eigenvalue weighted by Crippen LogP contribution is 2.35. The van der Waals surface area contributed by atoms with Crippen molar-refractivity contribution in [3.05, 3.63) is 5.01 Å². The van der Waals surface area contributed by atoms with E-state index in [1.807, 2.05) is 0 Å². The molecule has 1 aliphatic heterocycles. The van der Waals surface area contributed by atoms with E-state index in [0.29, 0.717) is 17.6 Å². The van der Waals surface area contributed by atoms with E-state index in [2.05, 4.69) is 39.6 Å². The lowest BCUT2D eigenvalue weighted by atomic mass is 9.90. The molecule has 2 fully saturated rings. The van der Waals surface area contributed by atoms with E-state index in [1.54, 1.807) is 0 Å². The maximum atomic E-state index is 12.1. The lowest BCUT2D eigenvalue weighted by Gasteiger charge is -2.34. The quantitative estimate of drug-likeness (QED) is 0.835. The second-order valence-corrected chi connectivity index (χ2v) is 8.88. The number of amides is 2. The molecule has 140 valence electrons. The minimum Gasteiger partial charge on any atom is -0.337 e. The molecular weight excluding hydrogens is 334 g/mol. The number of nitrogens with one attached hydrogen (secondary N) is 2. The molecule has 2 unspecified atom stereocenters. The number of carbonyl (C=O) groups is 1. The molecule has 0 radical (unpaired) electrons. The molecule has 2 aliphatic rings. The summed E-state index contributed by atoms with van der Waals surface area (Å²) >= 11 is 1.53. The second-order valence-electron chi connectivity index (χ2n) is 7.87. The number of hydrogen-bond donors (Lipinski definition) is 2. The summed E-state index contributed by atoms with van der Waals surface area (Å²) in [5.41, 5.74) is 0. The lowest BCUT2D eigenvalue weighted by Crippen LogP contribution is -2.43. The van der Waals surface area contributed by atoms with Crippen molar-refractivity contribution >= 4 is 22.5 Å². The van der Waals surface area contributed by atoms with Crippen LogP contribution in [0.3, 0.4) is 0 Å². The van der Waals surface area contributed by atoms with Crippen molar-refractivity contribution in [3.8, 4) is 0 Å². The number of urea groups is 1. The van der Waals surface area contributed by atoms with Gasteiger partial charge in [-0.3, -0.25) is 5.32 Å². The summed E-state index contributed by atoms with van der Waals surface area (Å²) in [6.45, 7) is 8.46. The van der Waals surface area contributed by atoms with Crippen LogP contribution in [0.15, 0.2) is 0 Å². The summed E-state index contributed by atoms with van der Waals surface area (Å²) < 4.78 is 0. The Hall–Kier alpha value is -1.21. The SMILES string of the molecule is CC1CC(C)CN(CCNC(=O)Nc2nnc(C3CCCCC3)s2)C1. The van der Waals surface area contributed by atoms with Crippen molar-refractivity contribution in [1.29, 1.82) is 0 Å². The van der Waals surface area contributed by atoms with E-state index in [9.17, 15) is 4.79 Å². The van der Waals surface area contributed by atoms with Crippen LogP contribution in [-0.2, 0) is 0 Å². The number of piperidine rings is 1. The highest BCUT2D eigenvalue weighted by Gasteiger charge is 2.22. The number of carbonyl (C=O) groups excluding carboxylic acids is 1. The summed E-state index contributed by atoms with van der Waals surface area (Å²) in [7, 11) is 0. The fourth-order valence-corrected chi connectivity index (χ4v) is 5.15. The molecule has 7 heteroatoms. The van der Waals surface area contributed by atoms with E-state index in [0.717, 1.165) is 36.5 Å². The highest BCUT2D eigenvalue weighted by atomic mass is 32.1. The van der Waals surface area contributed by atoms with Gasteiger partial charge in [0.15, 0.2) is 0 Å². The minimum absolute atomic E-state index is 0.176. The van der Waals surface area contributed by atoms with Crippen LogP contribution in [0.1, 0.15) is 63.3 Å². The van der Waals surface area contributed by atoms with Crippen LogP contribution < -0.4 is 10.6 Å². The molecule has 1 saturated carbocycles. The zero-order valence-corrected chi connectivity index (χ0v) is 16.3. The number of nitrogens with zero attached hydrogens (tertiary/aromatic N) is 3. The average Bonchev–Trinajstić information content (AvgIpc) is 3.03. The molecule has 1 aliphatic carbocycles. The Bertz CT molecular complexity index is 547. The third kappa shape index (κ3) is 5.64. The zero-order chi connectivity index (χ0) is 17.6. The Morgan fingerprint density at radius 1 is 1.16 bits per heavy atom. The Balaban J connectivity index is 1.38. The normalized spacial score (nSPS) is 25.7. The second kappa shape index (κ2) is 8.94. The number of aromatic nitrogens is 2. The first-order valence-corrected chi connectivity index (χ1v) is 10.5. The van der Waals surface area contributed by atoms with Crippen LogP contribution in [0.25, 0.3) is 0 Å². The third-order valence-electron chi connectivity index (χ3n) is 5.27. The van der Waals surface area contributed by atoms with Crippen LogP contribution >= 0.6 is 11.3 Å². The predicted octanol–water partition coefficient (Wildman–Crippen LogP) is 3.69. The smallest absolute Gasteiger partial charge is 0.321 e. The zero-order valence-electron chi connectivity index (χ0n) is 15.5. The molecule has 25 heavy (non-hydrogen) atoms. The van der Waals surface area contributed by atoms with Crippen LogP contribution in [0, 0.1) is 11.8 Å². The molecule has 0 spiro atoms. The fourth-order valence-electron chi connectivity index (χ4n) is 4.24. The van der Waals surface area contributed by atoms with E-state index >= 15 is 0 Å². The van der Waals surface area contributed by atoms with Crippen LogP contribution in [0.5, 0.6) is 0 Å². The highest BCUT2D eigenvalue weighted by molar-refractivity contribution is 7.15. The first-order valence-electron chi connectivity index (χ1n) is 9.70. The Labute approximate surface area is 154 Å². The molecule has 2 amide bonds. The molecular formula is C18H31N5OS. The molecule has 2 atom stereocenters. The summed E-state index contributed by atoms with van der Waals surface area (Å²) in [6, 6.07) is -0.176. The third-order valence-corrected chi connectivity index (χ3v) is 6.27. The molecule has 0 bridgehead atoms. The molecule has 2 heterocycles. The van der Waals surface area contributed by atoms with Gasteiger partial charge in [-0.15, -0.1) is 10.2 Å². The number of anilines is 1.